The molecule has 1 aromatic rings. The maximum Gasteiger partial charge on any atom is 0.0973 e. The van der Waals surface area contributed by atoms with E-state index in [9.17, 15) is 5.11 Å². The molecule has 0 amide bonds. The summed E-state index contributed by atoms with van der Waals surface area (Å²) in [5.74, 6) is 0. The van der Waals surface area contributed by atoms with Crippen molar-refractivity contribution in [2.24, 2.45) is 0 Å². The zero-order valence-corrected chi connectivity index (χ0v) is 11.9. The van der Waals surface area contributed by atoms with Crippen molar-refractivity contribution >= 4 is 15.9 Å². The molecule has 2 unspecified atom stereocenters. The van der Waals surface area contributed by atoms with E-state index in [1.807, 2.05) is 12.1 Å². The number of hydrogen-bond acceptors (Lipinski definition) is 3. The van der Waals surface area contributed by atoms with Gasteiger partial charge >= 0.3 is 0 Å². The van der Waals surface area contributed by atoms with E-state index in [0.29, 0.717) is 6.54 Å². The van der Waals surface area contributed by atoms with E-state index in [0.717, 1.165) is 10.9 Å². The Hall–Kier alpha value is -0.420. The number of aliphatic hydroxyl groups excluding tert-OH is 1. The van der Waals surface area contributed by atoms with Gasteiger partial charge in [-0.15, -0.1) is 0 Å². The van der Waals surface area contributed by atoms with E-state index in [2.05, 4.69) is 40.3 Å². The van der Waals surface area contributed by atoms with Crippen LogP contribution in [-0.4, -0.2) is 29.0 Å². The van der Waals surface area contributed by atoms with E-state index in [-0.39, 0.29) is 12.6 Å². The highest BCUT2D eigenvalue weighted by Crippen LogP contribution is 2.21. The van der Waals surface area contributed by atoms with Gasteiger partial charge in [0.1, 0.15) is 0 Å². The molecule has 96 valence electrons. The minimum Gasteiger partial charge on any atom is -0.393 e. The number of nitrogens with one attached hydrogen (secondary N) is 1. The monoisotopic (exact) mass is 301 g/mol. The summed E-state index contributed by atoms with van der Waals surface area (Å²) in [5, 5.41) is 22.0. The molecule has 0 radical (unpaired) electrons. The van der Waals surface area contributed by atoms with Gasteiger partial charge in [0, 0.05) is 17.1 Å². The van der Waals surface area contributed by atoms with Crippen LogP contribution in [0.15, 0.2) is 28.7 Å². The predicted octanol–water partition coefficient (Wildman–Crippen LogP) is 2.23. The summed E-state index contributed by atoms with van der Waals surface area (Å²) >= 11 is 3.45. The van der Waals surface area contributed by atoms with Crippen molar-refractivity contribution in [2.75, 3.05) is 13.2 Å². The molecule has 0 heterocycles. The standard InChI is InChI=1S/C13H20BrNO2/c1-3-12(15-8-13(2,17)9-16)10-5-4-6-11(14)7-10/h4-7,12,15-17H,3,8-9H2,1-2H3. The first-order valence-corrected chi connectivity index (χ1v) is 6.60. The second-order valence-corrected chi connectivity index (χ2v) is 5.47. The molecule has 3 N–H and O–H groups in total. The third kappa shape index (κ3) is 4.76. The zero-order valence-electron chi connectivity index (χ0n) is 10.3. The molecular formula is C13H20BrNO2. The van der Waals surface area contributed by atoms with Gasteiger partial charge in [-0.1, -0.05) is 35.0 Å². The molecule has 0 bridgehead atoms. The van der Waals surface area contributed by atoms with Crippen LogP contribution in [0.3, 0.4) is 0 Å². The minimum atomic E-state index is -1.07. The highest BCUT2D eigenvalue weighted by atomic mass is 79.9. The van der Waals surface area contributed by atoms with Crippen molar-refractivity contribution in [3.63, 3.8) is 0 Å². The Morgan fingerprint density at radius 2 is 2.18 bits per heavy atom. The van der Waals surface area contributed by atoms with Gasteiger partial charge in [-0.3, -0.25) is 0 Å². The van der Waals surface area contributed by atoms with Crippen molar-refractivity contribution < 1.29 is 10.2 Å². The van der Waals surface area contributed by atoms with Gasteiger partial charge in [0.2, 0.25) is 0 Å². The molecule has 0 aliphatic heterocycles. The Morgan fingerprint density at radius 3 is 2.71 bits per heavy atom. The lowest BCUT2D eigenvalue weighted by molar-refractivity contribution is 0.000593. The summed E-state index contributed by atoms with van der Waals surface area (Å²) in [7, 11) is 0. The van der Waals surface area contributed by atoms with Crippen LogP contribution in [0.1, 0.15) is 31.9 Å². The van der Waals surface area contributed by atoms with Crippen LogP contribution in [-0.2, 0) is 0 Å². The summed E-state index contributed by atoms with van der Waals surface area (Å²) in [4.78, 5) is 0. The molecule has 0 aliphatic rings. The molecule has 0 saturated heterocycles. The largest absolute Gasteiger partial charge is 0.393 e. The SMILES string of the molecule is CCC(NCC(C)(O)CO)c1cccc(Br)c1. The van der Waals surface area contributed by atoms with E-state index >= 15 is 0 Å². The molecule has 2 atom stereocenters. The van der Waals surface area contributed by atoms with Crippen molar-refractivity contribution in [3.05, 3.63) is 34.3 Å². The molecule has 3 nitrogen and oxygen atoms in total. The molecule has 1 rings (SSSR count). The summed E-state index contributed by atoms with van der Waals surface area (Å²) in [6.45, 7) is 3.84. The Balaban J connectivity index is 2.66. The molecular weight excluding hydrogens is 282 g/mol. The third-order valence-electron chi connectivity index (χ3n) is 2.73. The van der Waals surface area contributed by atoms with Gasteiger partial charge in [-0.25, -0.2) is 0 Å². The average molecular weight is 302 g/mol. The summed E-state index contributed by atoms with van der Waals surface area (Å²) in [5.41, 5.74) is 0.106. The topological polar surface area (TPSA) is 52.5 Å². The first-order valence-electron chi connectivity index (χ1n) is 5.80. The van der Waals surface area contributed by atoms with Crippen molar-refractivity contribution in [1.29, 1.82) is 0 Å². The van der Waals surface area contributed by atoms with Crippen LogP contribution >= 0.6 is 15.9 Å². The first-order chi connectivity index (χ1) is 7.98. The van der Waals surface area contributed by atoms with Gasteiger partial charge < -0.3 is 15.5 Å². The Labute approximate surface area is 111 Å². The summed E-state index contributed by atoms with van der Waals surface area (Å²) < 4.78 is 1.05. The van der Waals surface area contributed by atoms with E-state index in [4.69, 9.17) is 5.11 Å². The van der Waals surface area contributed by atoms with E-state index in [1.165, 1.54) is 5.56 Å². The Kier molecular flexibility index (Phi) is 5.59. The zero-order chi connectivity index (χ0) is 12.9. The van der Waals surface area contributed by atoms with Crippen molar-refractivity contribution in [2.45, 2.75) is 31.9 Å². The molecule has 0 aliphatic carbocycles. The lowest BCUT2D eigenvalue weighted by atomic mass is 10.0. The van der Waals surface area contributed by atoms with Crippen LogP contribution in [0.2, 0.25) is 0 Å². The highest BCUT2D eigenvalue weighted by Gasteiger charge is 2.20. The lowest BCUT2D eigenvalue weighted by Crippen LogP contribution is -2.42. The normalized spacial score (nSPS) is 16.5. The third-order valence-corrected chi connectivity index (χ3v) is 3.22. The molecule has 1 aromatic carbocycles. The van der Waals surface area contributed by atoms with Gasteiger partial charge in [-0.2, -0.15) is 0 Å². The number of aliphatic hydroxyl groups is 2. The fraction of sp³-hybridized carbons (Fsp3) is 0.538. The minimum absolute atomic E-state index is 0.186. The smallest absolute Gasteiger partial charge is 0.0973 e. The molecule has 17 heavy (non-hydrogen) atoms. The quantitative estimate of drug-likeness (QED) is 0.755. The maximum atomic E-state index is 9.75. The maximum absolute atomic E-state index is 9.75. The van der Waals surface area contributed by atoms with Crippen LogP contribution < -0.4 is 5.32 Å². The number of rotatable bonds is 6. The van der Waals surface area contributed by atoms with Crippen LogP contribution in [0.5, 0.6) is 0 Å². The van der Waals surface area contributed by atoms with Gasteiger partial charge in [0.15, 0.2) is 0 Å². The number of benzene rings is 1. The van der Waals surface area contributed by atoms with E-state index in [1.54, 1.807) is 6.92 Å². The fourth-order valence-electron chi connectivity index (χ4n) is 1.62. The first kappa shape index (κ1) is 14.6. The lowest BCUT2D eigenvalue weighted by Gasteiger charge is -2.25. The van der Waals surface area contributed by atoms with E-state index < -0.39 is 5.60 Å². The second-order valence-electron chi connectivity index (χ2n) is 4.55. The number of halogens is 1. The Morgan fingerprint density at radius 1 is 1.47 bits per heavy atom. The second kappa shape index (κ2) is 6.50. The highest BCUT2D eigenvalue weighted by molar-refractivity contribution is 9.10. The summed E-state index contributed by atoms with van der Waals surface area (Å²) in [6.07, 6.45) is 0.929. The molecule has 0 saturated carbocycles. The molecule has 0 spiro atoms. The molecule has 4 heteroatoms. The average Bonchev–Trinajstić information content (AvgIpc) is 2.30. The fourth-order valence-corrected chi connectivity index (χ4v) is 2.04. The number of hydrogen-bond donors (Lipinski definition) is 3. The Bertz CT molecular complexity index is 355. The molecule has 0 fully saturated rings. The van der Waals surface area contributed by atoms with Crippen molar-refractivity contribution in [3.8, 4) is 0 Å². The van der Waals surface area contributed by atoms with Crippen molar-refractivity contribution in [1.82, 2.24) is 5.32 Å². The van der Waals surface area contributed by atoms with Crippen LogP contribution in [0.25, 0.3) is 0 Å². The van der Waals surface area contributed by atoms with Crippen LogP contribution in [0, 0.1) is 0 Å². The van der Waals surface area contributed by atoms with Gasteiger partial charge in [0.25, 0.3) is 0 Å². The predicted molar refractivity (Wildman–Crippen MR) is 72.9 cm³/mol. The molecule has 0 aromatic heterocycles. The van der Waals surface area contributed by atoms with Gasteiger partial charge in [-0.05, 0) is 31.0 Å². The summed E-state index contributed by atoms with van der Waals surface area (Å²) in [6, 6.07) is 8.29. The van der Waals surface area contributed by atoms with Gasteiger partial charge in [0.05, 0.1) is 12.2 Å². The van der Waals surface area contributed by atoms with Crippen LogP contribution in [0.4, 0.5) is 0 Å².